The molecule has 1 unspecified atom stereocenters. The third-order valence-corrected chi connectivity index (χ3v) is 13.1. The molecule has 67 heavy (non-hydrogen) atoms. The van der Waals surface area contributed by atoms with Gasteiger partial charge < -0.3 is 38.8 Å². The van der Waals surface area contributed by atoms with Gasteiger partial charge in [-0.15, -0.1) is 0 Å². The second kappa shape index (κ2) is 20.1. The van der Waals surface area contributed by atoms with Crippen LogP contribution in [-0.2, 0) is 36.8 Å². The molecule has 3 saturated heterocycles. The number of phenols is 1. The molecule has 5 amide bonds. The molecule has 4 aromatic rings. The van der Waals surface area contributed by atoms with Gasteiger partial charge >= 0.3 is 6.01 Å². The summed E-state index contributed by atoms with van der Waals surface area (Å²) < 4.78 is 24.2. The Labute approximate surface area is 388 Å². The van der Waals surface area contributed by atoms with Gasteiger partial charge in [-0.3, -0.25) is 39.1 Å². The summed E-state index contributed by atoms with van der Waals surface area (Å²) in [5.74, 6) is -0.826. The first-order chi connectivity index (χ1) is 32.5. The minimum atomic E-state index is -1.02. The number of aromatic hydroxyl groups is 1. The molecule has 0 radical (unpaired) electrons. The van der Waals surface area contributed by atoms with E-state index in [2.05, 4.69) is 32.7 Å². The number of imide groups is 2. The minimum absolute atomic E-state index is 0.0561. The van der Waals surface area contributed by atoms with Crippen molar-refractivity contribution in [1.82, 2.24) is 30.0 Å². The molecule has 18 heteroatoms. The van der Waals surface area contributed by atoms with Crippen molar-refractivity contribution in [2.75, 3.05) is 88.6 Å². The topological polar surface area (TPSA) is 197 Å². The lowest BCUT2D eigenvalue weighted by Crippen LogP contribution is -2.54. The van der Waals surface area contributed by atoms with Gasteiger partial charge in [-0.1, -0.05) is 30.8 Å². The van der Waals surface area contributed by atoms with Gasteiger partial charge in [0.15, 0.2) is 0 Å². The molecule has 3 fully saturated rings. The summed E-state index contributed by atoms with van der Waals surface area (Å²) in [6.07, 6.45) is 3.89. The van der Waals surface area contributed by atoms with E-state index in [4.69, 9.17) is 28.9 Å². The zero-order valence-corrected chi connectivity index (χ0v) is 37.7. The minimum Gasteiger partial charge on any atom is -0.508 e. The van der Waals surface area contributed by atoms with Crippen molar-refractivity contribution < 1.29 is 48.0 Å². The van der Waals surface area contributed by atoms with Crippen molar-refractivity contribution in [2.45, 2.75) is 63.8 Å². The first kappa shape index (κ1) is 45.5. The van der Waals surface area contributed by atoms with Crippen LogP contribution in [0.2, 0.25) is 0 Å². The summed E-state index contributed by atoms with van der Waals surface area (Å²) in [4.78, 5) is 82.0. The van der Waals surface area contributed by atoms with Crippen LogP contribution in [0.3, 0.4) is 0 Å². The number of amides is 5. The number of nitrogens with zero attached hydrogens (tertiary/aromatic N) is 7. The molecule has 5 aliphatic rings. The molecule has 18 nitrogen and oxygen atoms in total. The Kier molecular flexibility index (Phi) is 13.6. The van der Waals surface area contributed by atoms with Crippen molar-refractivity contribution in [3.63, 3.8) is 0 Å². The van der Waals surface area contributed by atoms with Crippen LogP contribution in [0.1, 0.15) is 64.6 Å². The standard InChI is InChI=1S/C49H56N8O10/c1-3-44(60)54-18-20-55(21-19-54)45-38-14-17-56(42-27-33(58)26-32-6-4-5-7-36(32)42)30-40(38)50-49(52-45)67-31(2)29-53-15-12-34(13-16-53)65-24-22-64-23-25-66-35-8-9-37-39(28-35)48(63)57(47(37)62)41-10-11-43(59)51-46(41)61/h3-9,26-28,31,34,41,58H,1,10-25,29-30H2,2H3,(H,51,59,61)/t31-,41?/m1/s1. The number of aromatic nitrogens is 2. The largest absolute Gasteiger partial charge is 0.508 e. The normalized spacial score (nSPS) is 19.6. The lowest BCUT2D eigenvalue weighted by molar-refractivity contribution is -0.136. The third-order valence-electron chi connectivity index (χ3n) is 13.1. The van der Waals surface area contributed by atoms with E-state index in [-0.39, 0.29) is 54.4 Å². The molecule has 3 aromatic carbocycles. The van der Waals surface area contributed by atoms with Crippen LogP contribution in [0.15, 0.2) is 67.3 Å². The van der Waals surface area contributed by atoms with Crippen molar-refractivity contribution in [3.8, 4) is 17.5 Å². The molecular formula is C49H56N8O10. The van der Waals surface area contributed by atoms with Gasteiger partial charge in [0, 0.05) is 81.5 Å². The first-order valence-corrected chi connectivity index (χ1v) is 23.1. The monoisotopic (exact) mass is 916 g/mol. The third kappa shape index (κ3) is 10.1. The molecule has 0 bridgehead atoms. The fraction of sp³-hybridized carbons (Fsp3) is 0.449. The van der Waals surface area contributed by atoms with E-state index >= 15 is 0 Å². The Balaban J connectivity index is 0.730. The molecule has 0 spiro atoms. The van der Waals surface area contributed by atoms with Crippen LogP contribution in [-0.4, -0.2) is 156 Å². The fourth-order valence-corrected chi connectivity index (χ4v) is 9.69. The summed E-state index contributed by atoms with van der Waals surface area (Å²) >= 11 is 0. The van der Waals surface area contributed by atoms with Gasteiger partial charge in [0.1, 0.15) is 36.1 Å². The number of ether oxygens (including phenoxy) is 4. The summed E-state index contributed by atoms with van der Waals surface area (Å²) in [5, 5.41) is 14.9. The maximum Gasteiger partial charge on any atom is 0.318 e. The number of fused-ring (bicyclic) bond motifs is 3. The van der Waals surface area contributed by atoms with Crippen molar-refractivity contribution in [3.05, 3.63) is 89.6 Å². The zero-order chi connectivity index (χ0) is 46.6. The van der Waals surface area contributed by atoms with Gasteiger partial charge in [-0.05, 0) is 68.3 Å². The number of rotatable bonds is 16. The van der Waals surface area contributed by atoms with Crippen LogP contribution < -0.4 is 24.6 Å². The number of piperazine rings is 1. The number of benzene rings is 3. The fourth-order valence-electron chi connectivity index (χ4n) is 9.69. The SMILES string of the molecule is C=CC(=O)N1CCN(c2nc(O[C@H](C)CN3CCC(OCCOCCOc4ccc5c(c4)C(=O)N(C4CCC(=O)NC4=O)C5=O)CC3)nc3c2CCN(c2cc(O)cc4ccccc24)C3)CC1. The average molecular weight is 917 g/mol. The lowest BCUT2D eigenvalue weighted by atomic mass is 10.0. The van der Waals surface area contributed by atoms with E-state index in [9.17, 15) is 29.1 Å². The van der Waals surface area contributed by atoms with E-state index in [1.165, 1.54) is 18.2 Å². The van der Waals surface area contributed by atoms with Gasteiger partial charge in [0.05, 0.1) is 49.3 Å². The summed E-state index contributed by atoms with van der Waals surface area (Å²) in [6, 6.07) is 15.6. The molecule has 2 atom stereocenters. The number of phenolic OH excluding ortho intramolecular Hbond substituents is 1. The molecule has 2 N–H and O–H groups in total. The molecule has 1 aromatic heterocycles. The second-order valence-electron chi connectivity index (χ2n) is 17.5. The Morgan fingerprint density at radius 2 is 1.64 bits per heavy atom. The van der Waals surface area contributed by atoms with Crippen LogP contribution in [0, 0.1) is 0 Å². The number of hydrogen-bond acceptors (Lipinski definition) is 15. The van der Waals surface area contributed by atoms with E-state index in [1.807, 2.05) is 36.1 Å². The first-order valence-electron chi connectivity index (χ1n) is 23.1. The zero-order valence-electron chi connectivity index (χ0n) is 37.7. The van der Waals surface area contributed by atoms with Crippen LogP contribution >= 0.6 is 0 Å². The van der Waals surface area contributed by atoms with Crippen LogP contribution in [0.25, 0.3) is 10.8 Å². The van der Waals surface area contributed by atoms with E-state index < -0.39 is 29.7 Å². The highest BCUT2D eigenvalue weighted by molar-refractivity contribution is 6.23. The van der Waals surface area contributed by atoms with Gasteiger partial charge in [-0.2, -0.15) is 9.97 Å². The van der Waals surface area contributed by atoms with E-state index in [0.717, 1.165) is 77.3 Å². The number of piperidine rings is 2. The van der Waals surface area contributed by atoms with E-state index in [0.29, 0.717) is 70.8 Å². The van der Waals surface area contributed by atoms with Crippen molar-refractivity contribution >= 4 is 51.8 Å². The van der Waals surface area contributed by atoms with Gasteiger partial charge in [0.2, 0.25) is 17.7 Å². The highest BCUT2D eigenvalue weighted by Gasteiger charge is 2.45. The summed E-state index contributed by atoms with van der Waals surface area (Å²) in [6.45, 7) is 13.1. The maximum absolute atomic E-state index is 13.1. The molecule has 5 aliphatic heterocycles. The Bertz CT molecular complexity index is 2560. The van der Waals surface area contributed by atoms with E-state index in [1.54, 1.807) is 12.1 Å². The van der Waals surface area contributed by atoms with Crippen molar-refractivity contribution in [1.29, 1.82) is 0 Å². The van der Waals surface area contributed by atoms with Crippen molar-refractivity contribution in [2.24, 2.45) is 0 Å². The summed E-state index contributed by atoms with van der Waals surface area (Å²) in [7, 11) is 0. The number of carbonyl (C=O) groups is 5. The van der Waals surface area contributed by atoms with Gasteiger partial charge in [-0.25, -0.2) is 0 Å². The number of anilines is 2. The predicted octanol–water partition coefficient (Wildman–Crippen LogP) is 3.48. The lowest BCUT2D eigenvalue weighted by Gasteiger charge is -2.38. The quantitative estimate of drug-likeness (QED) is 0.0942. The molecule has 9 rings (SSSR count). The smallest absolute Gasteiger partial charge is 0.318 e. The Morgan fingerprint density at radius 3 is 2.43 bits per heavy atom. The number of likely N-dealkylation sites (tertiary alicyclic amines) is 1. The highest BCUT2D eigenvalue weighted by Crippen LogP contribution is 2.37. The molecule has 0 saturated carbocycles. The predicted molar refractivity (Wildman–Crippen MR) is 246 cm³/mol. The maximum atomic E-state index is 13.1. The molecule has 6 heterocycles. The second-order valence-corrected chi connectivity index (χ2v) is 17.5. The Morgan fingerprint density at radius 1 is 0.866 bits per heavy atom. The molecular weight excluding hydrogens is 861 g/mol. The molecule has 0 aliphatic carbocycles. The molecule has 352 valence electrons. The van der Waals surface area contributed by atoms with Crippen LogP contribution in [0.5, 0.6) is 17.5 Å². The average Bonchev–Trinajstić information content (AvgIpc) is 3.58. The Hall–Kier alpha value is -6.63. The number of nitrogens with one attached hydrogen (secondary N) is 1. The highest BCUT2D eigenvalue weighted by atomic mass is 16.5. The number of carbonyl (C=O) groups excluding carboxylic acids is 5. The van der Waals surface area contributed by atoms with Gasteiger partial charge in [0.25, 0.3) is 11.8 Å². The summed E-state index contributed by atoms with van der Waals surface area (Å²) in [5.41, 5.74) is 3.28. The number of hydrogen-bond donors (Lipinski definition) is 2. The van der Waals surface area contributed by atoms with Crippen LogP contribution in [0.4, 0.5) is 11.5 Å².